The second-order valence-electron chi connectivity index (χ2n) is 9.59. The van der Waals surface area contributed by atoms with Crippen LogP contribution >= 0.6 is 11.3 Å². The Labute approximate surface area is 220 Å². The van der Waals surface area contributed by atoms with Gasteiger partial charge in [0, 0.05) is 74.8 Å². The van der Waals surface area contributed by atoms with Crippen molar-refractivity contribution < 1.29 is 18.0 Å². The third kappa shape index (κ3) is 5.19. The van der Waals surface area contributed by atoms with Crippen LogP contribution in [-0.2, 0) is 16.6 Å². The largest absolute Gasteiger partial charge is 0.344 e. The topological polar surface area (TPSA) is 122 Å². The maximum Gasteiger partial charge on any atom is 0.282 e. The van der Waals surface area contributed by atoms with Gasteiger partial charge in [0.15, 0.2) is 5.01 Å². The van der Waals surface area contributed by atoms with E-state index < -0.39 is 10.0 Å². The molecule has 2 N–H and O–H groups in total. The molecular formula is C25H30N6O4S2. The SMILES string of the molecule is Cc1cc(C(=O)N2CC(N3CCN(C(=O)c4nccs4)CC3)C2)c(C)n1Cc1ccc(S(N)(=O)=O)cc1. The lowest BCUT2D eigenvalue weighted by molar-refractivity contribution is 0.00849. The average molecular weight is 543 g/mol. The van der Waals surface area contributed by atoms with E-state index >= 15 is 0 Å². The lowest BCUT2D eigenvalue weighted by Gasteiger charge is -2.48. The highest BCUT2D eigenvalue weighted by Crippen LogP contribution is 2.24. The second-order valence-corrected chi connectivity index (χ2v) is 12.0. The van der Waals surface area contributed by atoms with Crippen LogP contribution < -0.4 is 5.14 Å². The zero-order valence-corrected chi connectivity index (χ0v) is 22.5. The Kier molecular flexibility index (Phi) is 6.92. The van der Waals surface area contributed by atoms with Gasteiger partial charge < -0.3 is 14.4 Å². The van der Waals surface area contributed by atoms with Crippen LogP contribution in [0.1, 0.15) is 37.1 Å². The van der Waals surface area contributed by atoms with Gasteiger partial charge in [0.25, 0.3) is 11.8 Å². The van der Waals surface area contributed by atoms with Gasteiger partial charge in [0.05, 0.1) is 10.5 Å². The number of nitrogens with zero attached hydrogens (tertiary/aromatic N) is 5. The molecule has 0 radical (unpaired) electrons. The summed E-state index contributed by atoms with van der Waals surface area (Å²) < 4.78 is 25.1. The molecule has 10 nitrogen and oxygen atoms in total. The lowest BCUT2D eigenvalue weighted by atomic mass is 10.0. The number of hydrogen-bond donors (Lipinski definition) is 1. The van der Waals surface area contributed by atoms with Gasteiger partial charge >= 0.3 is 0 Å². The highest BCUT2D eigenvalue weighted by atomic mass is 32.2. The summed E-state index contributed by atoms with van der Waals surface area (Å²) >= 11 is 1.37. The number of thiazole rings is 1. The number of primary sulfonamides is 1. The van der Waals surface area contributed by atoms with Gasteiger partial charge in [-0.3, -0.25) is 14.5 Å². The Morgan fingerprint density at radius 3 is 2.30 bits per heavy atom. The molecule has 0 bridgehead atoms. The van der Waals surface area contributed by atoms with Crippen molar-refractivity contribution in [3.8, 4) is 0 Å². The maximum absolute atomic E-state index is 13.3. The molecule has 2 amide bonds. The van der Waals surface area contributed by atoms with Crippen molar-refractivity contribution in [2.75, 3.05) is 39.3 Å². The van der Waals surface area contributed by atoms with Crippen molar-refractivity contribution in [3.05, 3.63) is 69.4 Å². The molecule has 2 aliphatic rings. The molecule has 0 spiro atoms. The molecule has 12 heteroatoms. The number of aromatic nitrogens is 2. The number of aryl methyl sites for hydroxylation is 1. The van der Waals surface area contributed by atoms with Crippen molar-refractivity contribution in [3.63, 3.8) is 0 Å². The van der Waals surface area contributed by atoms with E-state index in [1.807, 2.05) is 35.1 Å². The number of carbonyl (C=O) groups is 2. The van der Waals surface area contributed by atoms with Crippen LogP contribution in [0.25, 0.3) is 0 Å². The van der Waals surface area contributed by atoms with Crippen LogP contribution in [0, 0.1) is 13.8 Å². The summed E-state index contributed by atoms with van der Waals surface area (Å²) in [4.78, 5) is 36.1. The van der Waals surface area contributed by atoms with Crippen LogP contribution in [-0.4, -0.2) is 89.8 Å². The third-order valence-corrected chi connectivity index (χ3v) is 8.97. The zero-order chi connectivity index (χ0) is 26.3. The molecule has 0 unspecified atom stereocenters. The zero-order valence-electron chi connectivity index (χ0n) is 20.8. The van der Waals surface area contributed by atoms with E-state index in [2.05, 4.69) is 14.5 Å². The summed E-state index contributed by atoms with van der Waals surface area (Å²) in [6.07, 6.45) is 1.65. The molecule has 5 rings (SSSR count). The van der Waals surface area contributed by atoms with Crippen LogP contribution in [0.4, 0.5) is 0 Å². The normalized spacial score (nSPS) is 17.2. The number of hydrogen-bond acceptors (Lipinski definition) is 7. The molecule has 2 saturated heterocycles. The fourth-order valence-corrected chi connectivity index (χ4v) is 6.12. The predicted molar refractivity (Wildman–Crippen MR) is 140 cm³/mol. The number of nitrogens with two attached hydrogens (primary N) is 1. The Bertz CT molecular complexity index is 1400. The van der Waals surface area contributed by atoms with Gasteiger partial charge in [-0.1, -0.05) is 12.1 Å². The first kappa shape index (κ1) is 25.6. The maximum atomic E-state index is 13.3. The van der Waals surface area contributed by atoms with Crippen LogP contribution in [0.5, 0.6) is 0 Å². The molecule has 37 heavy (non-hydrogen) atoms. The number of benzene rings is 1. The molecule has 3 aromatic rings. The van der Waals surface area contributed by atoms with Crippen molar-refractivity contribution >= 4 is 33.2 Å². The van der Waals surface area contributed by atoms with Crippen molar-refractivity contribution in [2.45, 2.75) is 31.3 Å². The quantitative estimate of drug-likeness (QED) is 0.504. The molecule has 2 fully saturated rings. The molecule has 0 saturated carbocycles. The first-order chi connectivity index (χ1) is 17.6. The summed E-state index contributed by atoms with van der Waals surface area (Å²) in [7, 11) is -3.73. The summed E-state index contributed by atoms with van der Waals surface area (Å²) in [5.74, 6) is 0.0218. The van der Waals surface area contributed by atoms with Gasteiger partial charge in [-0.2, -0.15) is 0 Å². The highest BCUT2D eigenvalue weighted by Gasteiger charge is 2.38. The molecule has 196 valence electrons. The van der Waals surface area contributed by atoms with Crippen molar-refractivity contribution in [2.24, 2.45) is 5.14 Å². The Balaban J connectivity index is 1.16. The second kappa shape index (κ2) is 10.0. The van der Waals surface area contributed by atoms with E-state index in [1.54, 1.807) is 18.3 Å². The van der Waals surface area contributed by atoms with Crippen LogP contribution in [0.3, 0.4) is 0 Å². The smallest absolute Gasteiger partial charge is 0.282 e. The molecule has 4 heterocycles. The first-order valence-electron chi connectivity index (χ1n) is 12.1. The van der Waals surface area contributed by atoms with E-state index in [-0.39, 0.29) is 16.7 Å². The van der Waals surface area contributed by atoms with E-state index in [0.717, 1.165) is 30.0 Å². The van der Waals surface area contributed by atoms with Crippen LogP contribution in [0.2, 0.25) is 0 Å². The lowest BCUT2D eigenvalue weighted by Crippen LogP contribution is -2.64. The van der Waals surface area contributed by atoms with Gasteiger partial charge in [-0.15, -0.1) is 11.3 Å². The summed E-state index contributed by atoms with van der Waals surface area (Å²) in [5.41, 5.74) is 3.46. The number of rotatable bonds is 6. The monoisotopic (exact) mass is 542 g/mol. The Morgan fingerprint density at radius 1 is 1.03 bits per heavy atom. The number of piperazine rings is 1. The number of sulfonamides is 1. The first-order valence-corrected chi connectivity index (χ1v) is 14.5. The molecule has 2 aliphatic heterocycles. The number of likely N-dealkylation sites (tertiary alicyclic amines) is 1. The van der Waals surface area contributed by atoms with E-state index in [4.69, 9.17) is 5.14 Å². The van der Waals surface area contributed by atoms with E-state index in [1.165, 1.54) is 23.5 Å². The Hall–Kier alpha value is -3.06. The minimum atomic E-state index is -3.73. The van der Waals surface area contributed by atoms with Gasteiger partial charge in [0.2, 0.25) is 10.0 Å². The minimum absolute atomic E-state index is 0.00391. The van der Waals surface area contributed by atoms with Crippen molar-refractivity contribution in [1.29, 1.82) is 0 Å². The van der Waals surface area contributed by atoms with Crippen LogP contribution in [0.15, 0.2) is 46.8 Å². The molecule has 2 aromatic heterocycles. The molecule has 0 aliphatic carbocycles. The summed E-state index contributed by atoms with van der Waals surface area (Å²) in [6.45, 7) is 8.72. The van der Waals surface area contributed by atoms with Crippen molar-refractivity contribution in [1.82, 2.24) is 24.3 Å². The van der Waals surface area contributed by atoms with Gasteiger partial charge in [-0.05, 0) is 37.6 Å². The van der Waals surface area contributed by atoms with E-state index in [9.17, 15) is 18.0 Å². The third-order valence-electron chi connectivity index (χ3n) is 7.28. The number of amides is 2. The summed E-state index contributed by atoms with van der Waals surface area (Å²) in [5, 5.41) is 7.54. The standard InChI is InChI=1S/C25H30N6O4S2/c1-17-13-22(18(2)31(17)14-19-3-5-21(6-4-19)37(26,34)35)24(32)30-15-20(16-30)28-8-10-29(11-9-28)25(33)23-27-7-12-36-23/h3-7,12-13,20H,8-11,14-16H2,1-2H3,(H2,26,34,35). The molecule has 1 aromatic carbocycles. The fourth-order valence-electron chi connectivity index (χ4n) is 5.00. The predicted octanol–water partition coefficient (Wildman–Crippen LogP) is 1.54. The van der Waals surface area contributed by atoms with Gasteiger partial charge in [-0.25, -0.2) is 18.5 Å². The fraction of sp³-hybridized carbons (Fsp3) is 0.400. The minimum Gasteiger partial charge on any atom is -0.344 e. The number of carbonyl (C=O) groups excluding carboxylic acids is 2. The van der Waals surface area contributed by atoms with Gasteiger partial charge in [0.1, 0.15) is 0 Å². The summed E-state index contributed by atoms with van der Waals surface area (Å²) in [6, 6.07) is 8.71. The average Bonchev–Trinajstić information content (AvgIpc) is 3.47. The molecular weight excluding hydrogens is 512 g/mol. The molecule has 0 atom stereocenters. The highest BCUT2D eigenvalue weighted by molar-refractivity contribution is 7.89. The Morgan fingerprint density at radius 2 is 1.70 bits per heavy atom. The van der Waals surface area contributed by atoms with E-state index in [0.29, 0.717) is 49.3 Å².